The van der Waals surface area contributed by atoms with Gasteiger partial charge < -0.3 is 15.1 Å². The van der Waals surface area contributed by atoms with Gasteiger partial charge in [0.25, 0.3) is 0 Å². The molecule has 0 aliphatic carbocycles. The Morgan fingerprint density at radius 2 is 2.13 bits per heavy atom. The molecule has 2 atom stereocenters. The van der Waals surface area contributed by atoms with Crippen molar-refractivity contribution in [2.24, 2.45) is 5.92 Å². The highest BCUT2D eigenvalue weighted by atomic mass is 16.2. The molecular formula is C18H25N3O2. The van der Waals surface area contributed by atoms with Gasteiger partial charge in [-0.05, 0) is 24.5 Å². The van der Waals surface area contributed by atoms with E-state index in [1.807, 2.05) is 17.0 Å². The van der Waals surface area contributed by atoms with Crippen molar-refractivity contribution < 1.29 is 9.59 Å². The fourth-order valence-electron chi connectivity index (χ4n) is 3.63. The number of hydrogen-bond acceptors (Lipinski definition) is 3. The van der Waals surface area contributed by atoms with Crippen LogP contribution < -0.4 is 10.2 Å². The van der Waals surface area contributed by atoms with Gasteiger partial charge in [-0.1, -0.05) is 25.1 Å². The summed E-state index contributed by atoms with van der Waals surface area (Å²) < 4.78 is 0. The van der Waals surface area contributed by atoms with Gasteiger partial charge in [0.15, 0.2) is 0 Å². The molecule has 3 rings (SSSR count). The Labute approximate surface area is 137 Å². The summed E-state index contributed by atoms with van der Waals surface area (Å²) in [6.07, 6.45) is 2.05. The highest BCUT2D eigenvalue weighted by molar-refractivity contribution is 5.84. The van der Waals surface area contributed by atoms with E-state index in [1.165, 1.54) is 11.3 Å². The molecule has 2 amide bonds. The van der Waals surface area contributed by atoms with E-state index >= 15 is 0 Å². The average molecular weight is 315 g/mol. The summed E-state index contributed by atoms with van der Waals surface area (Å²) in [5, 5.41) is 2.83. The van der Waals surface area contributed by atoms with Crippen molar-refractivity contribution in [3.05, 3.63) is 29.8 Å². The lowest BCUT2D eigenvalue weighted by molar-refractivity contribution is -0.140. The first-order chi connectivity index (χ1) is 11.1. The van der Waals surface area contributed by atoms with E-state index in [0.29, 0.717) is 25.9 Å². The van der Waals surface area contributed by atoms with Crippen molar-refractivity contribution in [2.75, 3.05) is 25.0 Å². The molecule has 1 aromatic carbocycles. The van der Waals surface area contributed by atoms with E-state index in [9.17, 15) is 9.59 Å². The van der Waals surface area contributed by atoms with Gasteiger partial charge in [0.05, 0.1) is 5.92 Å². The van der Waals surface area contributed by atoms with Crippen LogP contribution in [0, 0.1) is 5.92 Å². The lowest BCUT2D eigenvalue weighted by Gasteiger charge is -2.34. The summed E-state index contributed by atoms with van der Waals surface area (Å²) in [4.78, 5) is 28.7. The molecule has 0 spiro atoms. The lowest BCUT2D eigenvalue weighted by atomic mass is 9.96. The third-order valence-electron chi connectivity index (χ3n) is 5.04. The second-order valence-electron chi connectivity index (χ2n) is 6.58. The van der Waals surface area contributed by atoms with Crippen LogP contribution in [0.25, 0.3) is 0 Å². The van der Waals surface area contributed by atoms with Crippen molar-refractivity contribution in [1.82, 2.24) is 10.2 Å². The average Bonchev–Trinajstić information content (AvgIpc) is 2.72. The minimum atomic E-state index is -0.0858. The largest absolute Gasteiger partial charge is 0.372 e. The summed E-state index contributed by atoms with van der Waals surface area (Å²) in [5.74, 6) is 0.154. The number of piperidine rings is 1. The van der Waals surface area contributed by atoms with E-state index < -0.39 is 0 Å². The number of fused-ring (bicyclic) bond motifs is 1. The number of benzene rings is 1. The van der Waals surface area contributed by atoms with E-state index in [1.54, 1.807) is 0 Å². The Morgan fingerprint density at radius 3 is 2.83 bits per heavy atom. The standard InChI is InChI=1S/C18H25N3O2/c1-3-15-12-20(2)16-7-5-4-6-14(16)11-21(15)18(23)13-8-9-17(22)19-10-13/h4-7,13,15H,3,8-12H2,1-2H3,(H,19,22)/t13-,15-/m0/s1. The van der Waals surface area contributed by atoms with Gasteiger partial charge in [-0.25, -0.2) is 0 Å². The molecule has 1 N–H and O–H groups in total. The van der Waals surface area contributed by atoms with Crippen LogP contribution in [0.4, 0.5) is 5.69 Å². The molecule has 0 saturated carbocycles. The summed E-state index contributed by atoms with van der Waals surface area (Å²) in [6.45, 7) is 4.11. The van der Waals surface area contributed by atoms with Gasteiger partial charge >= 0.3 is 0 Å². The van der Waals surface area contributed by atoms with Gasteiger partial charge in [-0.2, -0.15) is 0 Å². The summed E-state index contributed by atoms with van der Waals surface area (Å²) >= 11 is 0. The molecule has 5 nitrogen and oxygen atoms in total. The zero-order valence-electron chi connectivity index (χ0n) is 13.9. The first kappa shape index (κ1) is 15.8. The maximum absolute atomic E-state index is 13.1. The number of carbonyl (C=O) groups excluding carboxylic acids is 2. The van der Waals surface area contributed by atoms with E-state index in [2.05, 4.69) is 36.3 Å². The maximum Gasteiger partial charge on any atom is 0.228 e. The Morgan fingerprint density at radius 1 is 1.35 bits per heavy atom. The lowest BCUT2D eigenvalue weighted by Crippen LogP contribution is -2.49. The van der Waals surface area contributed by atoms with Crippen molar-refractivity contribution >= 4 is 17.5 Å². The molecule has 0 radical (unpaired) electrons. The Bertz CT molecular complexity index is 592. The number of likely N-dealkylation sites (N-methyl/N-ethyl adjacent to an activating group) is 1. The van der Waals surface area contributed by atoms with Crippen LogP contribution in [0.15, 0.2) is 24.3 Å². The van der Waals surface area contributed by atoms with Crippen molar-refractivity contribution in [3.8, 4) is 0 Å². The Hall–Kier alpha value is -2.04. The number of anilines is 1. The summed E-state index contributed by atoms with van der Waals surface area (Å²) in [6, 6.07) is 8.51. The molecule has 0 aromatic heterocycles. The van der Waals surface area contributed by atoms with Crippen LogP contribution in [0.5, 0.6) is 0 Å². The molecule has 2 aliphatic heterocycles. The van der Waals surface area contributed by atoms with Crippen LogP contribution in [0.2, 0.25) is 0 Å². The van der Waals surface area contributed by atoms with Crippen molar-refractivity contribution in [1.29, 1.82) is 0 Å². The van der Waals surface area contributed by atoms with Crippen LogP contribution in [0.1, 0.15) is 31.7 Å². The number of nitrogens with zero attached hydrogens (tertiary/aromatic N) is 2. The first-order valence-corrected chi connectivity index (χ1v) is 8.46. The number of hydrogen-bond donors (Lipinski definition) is 1. The van der Waals surface area contributed by atoms with Crippen molar-refractivity contribution in [2.45, 2.75) is 38.8 Å². The van der Waals surface area contributed by atoms with E-state index in [-0.39, 0.29) is 23.8 Å². The smallest absolute Gasteiger partial charge is 0.228 e. The summed E-state index contributed by atoms with van der Waals surface area (Å²) in [5.41, 5.74) is 2.40. The molecule has 124 valence electrons. The topological polar surface area (TPSA) is 52.7 Å². The first-order valence-electron chi connectivity index (χ1n) is 8.46. The number of rotatable bonds is 2. The molecule has 0 bridgehead atoms. The minimum absolute atomic E-state index is 0.0574. The maximum atomic E-state index is 13.1. The molecule has 1 saturated heterocycles. The predicted octanol–water partition coefficient (Wildman–Crippen LogP) is 1.77. The second kappa shape index (κ2) is 6.60. The summed E-state index contributed by atoms with van der Waals surface area (Å²) in [7, 11) is 2.09. The van der Waals surface area contributed by atoms with Crippen LogP contribution in [-0.2, 0) is 16.1 Å². The predicted molar refractivity (Wildman–Crippen MR) is 90.1 cm³/mol. The van der Waals surface area contributed by atoms with Gasteiger partial charge in [-0.15, -0.1) is 0 Å². The third-order valence-corrected chi connectivity index (χ3v) is 5.04. The molecule has 1 fully saturated rings. The second-order valence-corrected chi connectivity index (χ2v) is 6.58. The monoisotopic (exact) mass is 315 g/mol. The quantitative estimate of drug-likeness (QED) is 0.905. The molecule has 2 heterocycles. The Kier molecular flexibility index (Phi) is 4.55. The van der Waals surface area contributed by atoms with Gasteiger partial charge in [-0.3, -0.25) is 9.59 Å². The number of amides is 2. The molecule has 23 heavy (non-hydrogen) atoms. The van der Waals surface area contributed by atoms with Gasteiger partial charge in [0, 0.05) is 44.8 Å². The van der Waals surface area contributed by atoms with Gasteiger partial charge in [0.1, 0.15) is 0 Å². The zero-order chi connectivity index (χ0) is 16.4. The zero-order valence-corrected chi connectivity index (χ0v) is 13.9. The normalized spacial score (nSPS) is 24.7. The SMILES string of the molecule is CC[C@H]1CN(C)c2ccccc2CN1C(=O)[C@H]1CCC(=O)NC1. The molecule has 5 heteroatoms. The van der Waals surface area contributed by atoms with Crippen LogP contribution in [0.3, 0.4) is 0 Å². The third kappa shape index (κ3) is 3.19. The van der Waals surface area contributed by atoms with E-state index in [4.69, 9.17) is 0 Å². The fraction of sp³-hybridized carbons (Fsp3) is 0.556. The molecule has 0 unspecified atom stereocenters. The van der Waals surface area contributed by atoms with E-state index in [0.717, 1.165) is 13.0 Å². The number of carbonyl (C=O) groups is 2. The van der Waals surface area contributed by atoms with Gasteiger partial charge in [0.2, 0.25) is 11.8 Å². The Balaban J connectivity index is 1.84. The fourth-order valence-corrected chi connectivity index (χ4v) is 3.63. The number of nitrogens with one attached hydrogen (secondary N) is 1. The molecular weight excluding hydrogens is 290 g/mol. The highest BCUT2D eigenvalue weighted by Crippen LogP contribution is 2.28. The highest BCUT2D eigenvalue weighted by Gasteiger charge is 2.34. The number of para-hydroxylation sites is 1. The van der Waals surface area contributed by atoms with Crippen molar-refractivity contribution in [3.63, 3.8) is 0 Å². The molecule has 2 aliphatic rings. The minimum Gasteiger partial charge on any atom is -0.372 e. The van der Waals surface area contributed by atoms with Crippen LogP contribution >= 0.6 is 0 Å². The molecule has 1 aromatic rings. The van der Waals surface area contributed by atoms with Crippen LogP contribution in [-0.4, -0.2) is 42.9 Å².